The van der Waals surface area contributed by atoms with Crippen LogP contribution in [0.2, 0.25) is 0 Å². The summed E-state index contributed by atoms with van der Waals surface area (Å²) in [4.78, 5) is 11.1. The molecule has 0 aliphatic carbocycles. The molecule has 0 saturated heterocycles. The van der Waals surface area contributed by atoms with Crippen molar-refractivity contribution in [2.75, 3.05) is 7.11 Å². The molecule has 17 heavy (non-hydrogen) atoms. The number of hydrogen-bond donors (Lipinski definition) is 2. The molecule has 1 rings (SSSR count). The molecule has 0 radical (unpaired) electrons. The normalized spacial score (nSPS) is 11.3. The van der Waals surface area contributed by atoms with E-state index < -0.39 is 11.4 Å². The largest absolute Gasteiger partial charge is 0.507 e. The minimum absolute atomic E-state index is 0.110. The maximum Gasteiger partial charge on any atom is 0.309 e. The van der Waals surface area contributed by atoms with Crippen molar-refractivity contribution >= 4 is 5.97 Å². The lowest BCUT2D eigenvalue weighted by molar-refractivity contribution is -0.146. The van der Waals surface area contributed by atoms with Crippen molar-refractivity contribution in [1.29, 1.82) is 0 Å². The smallest absolute Gasteiger partial charge is 0.309 e. The third-order valence-corrected chi connectivity index (χ3v) is 2.86. The summed E-state index contributed by atoms with van der Waals surface area (Å²) < 4.78 is 5.15. The van der Waals surface area contributed by atoms with E-state index in [1.54, 1.807) is 32.9 Å². The highest BCUT2D eigenvalue weighted by Gasteiger charge is 2.30. The second kappa shape index (κ2) is 4.65. The third kappa shape index (κ3) is 2.70. The summed E-state index contributed by atoms with van der Waals surface area (Å²) in [5.41, 5.74) is 0.306. The highest BCUT2D eigenvalue weighted by atomic mass is 16.5. The Labute approximate surface area is 101 Å². The Hall–Kier alpha value is -1.71. The number of aromatic hydroxyl groups is 1. The maximum atomic E-state index is 11.1. The molecule has 0 fully saturated rings. The van der Waals surface area contributed by atoms with Crippen LogP contribution in [0.4, 0.5) is 0 Å². The minimum atomic E-state index is -0.946. The van der Waals surface area contributed by atoms with Crippen molar-refractivity contribution < 1.29 is 19.7 Å². The summed E-state index contributed by atoms with van der Waals surface area (Å²) in [6, 6.07) is 3.48. The molecular weight excluding hydrogens is 220 g/mol. The number of carboxylic acid groups (broad SMARTS) is 1. The Bertz CT molecular complexity index is 435. The summed E-state index contributed by atoms with van der Waals surface area (Å²) in [5.74, 6) is -0.276. The zero-order valence-corrected chi connectivity index (χ0v) is 10.6. The van der Waals surface area contributed by atoms with Crippen molar-refractivity contribution in [3.05, 3.63) is 23.3 Å². The third-order valence-electron chi connectivity index (χ3n) is 2.86. The number of phenolic OH excluding ortho intramolecular Hbond substituents is 1. The number of aryl methyl sites for hydroxylation is 1. The standard InChI is InChI=1S/C13H18O4/c1-8-5-6-10(17-4)9(11(8)14)7-13(2,3)12(15)16/h5-6,14H,7H2,1-4H3,(H,15,16). The Morgan fingerprint density at radius 1 is 1.41 bits per heavy atom. The van der Waals surface area contributed by atoms with Crippen LogP contribution in [-0.4, -0.2) is 23.3 Å². The second-order valence-corrected chi connectivity index (χ2v) is 4.78. The van der Waals surface area contributed by atoms with Crippen LogP contribution in [0.15, 0.2) is 12.1 Å². The molecule has 2 N–H and O–H groups in total. The molecule has 0 heterocycles. The first kappa shape index (κ1) is 13.4. The van der Waals surface area contributed by atoms with Crippen LogP contribution in [0.25, 0.3) is 0 Å². The molecule has 0 aliphatic rings. The fourth-order valence-electron chi connectivity index (χ4n) is 1.61. The average molecular weight is 238 g/mol. The van der Waals surface area contributed by atoms with E-state index >= 15 is 0 Å². The summed E-state index contributed by atoms with van der Waals surface area (Å²) in [6.07, 6.45) is 0.221. The van der Waals surface area contributed by atoms with Gasteiger partial charge in [0.1, 0.15) is 11.5 Å². The first-order valence-corrected chi connectivity index (χ1v) is 5.38. The van der Waals surface area contributed by atoms with Crippen molar-refractivity contribution in [2.24, 2.45) is 5.41 Å². The van der Waals surface area contributed by atoms with Gasteiger partial charge in [0.15, 0.2) is 0 Å². The number of phenols is 1. The molecule has 4 nitrogen and oxygen atoms in total. The monoisotopic (exact) mass is 238 g/mol. The van der Waals surface area contributed by atoms with Crippen LogP contribution in [0, 0.1) is 12.3 Å². The molecule has 1 aromatic carbocycles. The van der Waals surface area contributed by atoms with Gasteiger partial charge in [-0.1, -0.05) is 6.07 Å². The molecule has 94 valence electrons. The van der Waals surface area contributed by atoms with Gasteiger partial charge in [-0.15, -0.1) is 0 Å². The van der Waals surface area contributed by atoms with Gasteiger partial charge in [0.05, 0.1) is 12.5 Å². The Morgan fingerprint density at radius 2 is 2.00 bits per heavy atom. The number of ether oxygens (including phenoxy) is 1. The molecule has 0 unspecified atom stereocenters. The summed E-state index contributed by atoms with van der Waals surface area (Å²) in [5, 5.41) is 19.1. The zero-order valence-electron chi connectivity index (χ0n) is 10.6. The molecule has 0 atom stereocenters. The average Bonchev–Trinajstić information content (AvgIpc) is 2.25. The van der Waals surface area contributed by atoms with Gasteiger partial charge in [-0.05, 0) is 38.8 Å². The van der Waals surface area contributed by atoms with Crippen LogP contribution >= 0.6 is 0 Å². The summed E-state index contributed by atoms with van der Waals surface area (Å²) >= 11 is 0. The number of hydrogen-bond acceptors (Lipinski definition) is 3. The molecule has 0 spiro atoms. The molecule has 0 amide bonds. The SMILES string of the molecule is COc1ccc(C)c(O)c1CC(C)(C)C(=O)O. The van der Waals surface area contributed by atoms with E-state index in [0.717, 1.165) is 0 Å². The molecular formula is C13H18O4. The Morgan fingerprint density at radius 3 is 2.47 bits per heavy atom. The van der Waals surface area contributed by atoms with E-state index in [4.69, 9.17) is 9.84 Å². The van der Waals surface area contributed by atoms with Crippen LogP contribution in [0.5, 0.6) is 11.5 Å². The maximum absolute atomic E-state index is 11.1. The molecule has 0 saturated carbocycles. The van der Waals surface area contributed by atoms with E-state index in [0.29, 0.717) is 16.9 Å². The summed E-state index contributed by atoms with van der Waals surface area (Å²) in [7, 11) is 1.50. The van der Waals surface area contributed by atoms with Crippen LogP contribution in [0.3, 0.4) is 0 Å². The number of carbonyl (C=O) groups is 1. The van der Waals surface area contributed by atoms with E-state index in [2.05, 4.69) is 0 Å². The molecule has 0 bridgehead atoms. The Balaban J connectivity index is 3.21. The van der Waals surface area contributed by atoms with Crippen molar-refractivity contribution in [3.63, 3.8) is 0 Å². The first-order valence-electron chi connectivity index (χ1n) is 5.38. The van der Waals surface area contributed by atoms with E-state index in [9.17, 15) is 9.90 Å². The van der Waals surface area contributed by atoms with Gasteiger partial charge in [-0.2, -0.15) is 0 Å². The van der Waals surface area contributed by atoms with Crippen LogP contribution < -0.4 is 4.74 Å². The molecule has 0 aromatic heterocycles. The highest BCUT2D eigenvalue weighted by molar-refractivity contribution is 5.74. The van der Waals surface area contributed by atoms with Gasteiger partial charge in [0.2, 0.25) is 0 Å². The van der Waals surface area contributed by atoms with Gasteiger partial charge >= 0.3 is 5.97 Å². The van der Waals surface area contributed by atoms with Gasteiger partial charge in [-0.25, -0.2) is 0 Å². The number of aliphatic carboxylic acids is 1. The molecule has 0 aliphatic heterocycles. The number of carboxylic acids is 1. The fraction of sp³-hybridized carbons (Fsp3) is 0.462. The van der Waals surface area contributed by atoms with Crippen molar-refractivity contribution in [1.82, 2.24) is 0 Å². The lowest BCUT2D eigenvalue weighted by Crippen LogP contribution is -2.26. The lowest BCUT2D eigenvalue weighted by Gasteiger charge is -2.21. The number of rotatable bonds is 4. The van der Waals surface area contributed by atoms with Crippen LogP contribution in [0.1, 0.15) is 25.0 Å². The zero-order chi connectivity index (χ0) is 13.2. The van der Waals surface area contributed by atoms with Crippen molar-refractivity contribution in [3.8, 4) is 11.5 Å². The van der Waals surface area contributed by atoms with Crippen LogP contribution in [-0.2, 0) is 11.2 Å². The van der Waals surface area contributed by atoms with E-state index in [-0.39, 0.29) is 12.2 Å². The molecule has 4 heteroatoms. The summed E-state index contributed by atoms with van der Waals surface area (Å²) in [6.45, 7) is 5.01. The lowest BCUT2D eigenvalue weighted by atomic mass is 9.84. The molecule has 1 aromatic rings. The highest BCUT2D eigenvalue weighted by Crippen LogP contribution is 2.36. The predicted molar refractivity (Wildman–Crippen MR) is 64.5 cm³/mol. The quantitative estimate of drug-likeness (QED) is 0.845. The number of benzene rings is 1. The van der Waals surface area contributed by atoms with Gasteiger partial charge in [0.25, 0.3) is 0 Å². The van der Waals surface area contributed by atoms with E-state index in [1.807, 2.05) is 0 Å². The van der Waals surface area contributed by atoms with Crippen molar-refractivity contribution in [2.45, 2.75) is 27.2 Å². The Kier molecular flexibility index (Phi) is 3.66. The van der Waals surface area contributed by atoms with Gasteiger partial charge in [0, 0.05) is 5.56 Å². The first-order chi connectivity index (χ1) is 7.79. The second-order valence-electron chi connectivity index (χ2n) is 4.78. The fourth-order valence-corrected chi connectivity index (χ4v) is 1.61. The number of methoxy groups -OCH3 is 1. The van der Waals surface area contributed by atoms with Gasteiger partial charge in [-0.3, -0.25) is 4.79 Å². The van der Waals surface area contributed by atoms with Gasteiger partial charge < -0.3 is 14.9 Å². The predicted octanol–water partition coefficient (Wildman–Crippen LogP) is 2.36. The topological polar surface area (TPSA) is 66.8 Å². The van der Waals surface area contributed by atoms with E-state index in [1.165, 1.54) is 7.11 Å². The minimum Gasteiger partial charge on any atom is -0.507 e.